The first-order chi connectivity index (χ1) is 7.63. The van der Waals surface area contributed by atoms with Crippen LogP contribution in [-0.2, 0) is 11.2 Å². The number of benzene rings is 1. The first kappa shape index (κ1) is 14.8. The highest BCUT2D eigenvalue weighted by molar-refractivity contribution is 5.36. The summed E-state index contributed by atoms with van der Waals surface area (Å²) < 4.78 is 4.25. The van der Waals surface area contributed by atoms with Crippen LogP contribution < -0.4 is 0 Å². The molecule has 0 spiro atoms. The Hall–Kier alpha value is -1.22. The smallest absolute Gasteiger partial charge is 0.119 e. The Kier molecular flexibility index (Phi) is 8.35. The van der Waals surface area contributed by atoms with Gasteiger partial charge in [0.2, 0.25) is 0 Å². The average molecular weight is 226 g/mol. The lowest BCUT2D eigenvalue weighted by Crippen LogP contribution is -1.84. The second kappa shape index (κ2) is 9.04. The van der Waals surface area contributed by atoms with E-state index < -0.39 is 0 Å². The molecule has 0 aliphatic rings. The molecule has 1 aromatic rings. The number of phenolic OH excluding ortho intramolecular Hbond substituents is 2. The SMILES string of the molecule is CCCCCc1cc(O)cc(O)c1.COC. The average Bonchev–Trinajstić information content (AvgIpc) is 2.17. The van der Waals surface area contributed by atoms with Crippen LogP contribution in [0.15, 0.2) is 18.2 Å². The van der Waals surface area contributed by atoms with Crippen LogP contribution in [0.5, 0.6) is 11.5 Å². The molecule has 0 amide bonds. The van der Waals surface area contributed by atoms with Crippen molar-refractivity contribution in [2.24, 2.45) is 0 Å². The Labute approximate surface area is 97.7 Å². The molecule has 92 valence electrons. The molecule has 2 N–H and O–H groups in total. The highest BCUT2D eigenvalue weighted by Gasteiger charge is 1.98. The van der Waals surface area contributed by atoms with Crippen molar-refractivity contribution >= 4 is 0 Å². The van der Waals surface area contributed by atoms with E-state index in [4.69, 9.17) is 0 Å². The summed E-state index contributed by atoms with van der Waals surface area (Å²) in [7, 11) is 3.25. The molecule has 0 aliphatic carbocycles. The monoisotopic (exact) mass is 226 g/mol. The number of hydrogen-bond donors (Lipinski definition) is 2. The summed E-state index contributed by atoms with van der Waals surface area (Å²) in [5.74, 6) is 0.290. The van der Waals surface area contributed by atoms with Gasteiger partial charge in [-0.25, -0.2) is 0 Å². The summed E-state index contributed by atoms with van der Waals surface area (Å²) >= 11 is 0. The Morgan fingerprint density at radius 2 is 1.50 bits per heavy atom. The molecule has 0 aliphatic heterocycles. The van der Waals surface area contributed by atoms with Gasteiger partial charge in [0.25, 0.3) is 0 Å². The van der Waals surface area contributed by atoms with Crippen molar-refractivity contribution in [2.75, 3.05) is 14.2 Å². The number of methoxy groups -OCH3 is 1. The van der Waals surface area contributed by atoms with Gasteiger partial charge < -0.3 is 14.9 Å². The van der Waals surface area contributed by atoms with Crippen LogP contribution in [0.2, 0.25) is 0 Å². The van der Waals surface area contributed by atoms with Gasteiger partial charge in [0, 0.05) is 20.3 Å². The van der Waals surface area contributed by atoms with E-state index in [0.29, 0.717) is 0 Å². The van der Waals surface area contributed by atoms with Crippen molar-refractivity contribution < 1.29 is 14.9 Å². The van der Waals surface area contributed by atoms with Gasteiger partial charge in [0.1, 0.15) is 11.5 Å². The first-order valence-corrected chi connectivity index (χ1v) is 5.56. The van der Waals surface area contributed by atoms with Crippen molar-refractivity contribution in [2.45, 2.75) is 32.6 Å². The number of phenols is 2. The number of aryl methyl sites for hydroxylation is 1. The normalized spacial score (nSPS) is 9.44. The largest absolute Gasteiger partial charge is 0.508 e. The molecule has 0 radical (unpaired) electrons. The third-order valence-electron chi connectivity index (χ3n) is 2.03. The molecule has 1 rings (SSSR count). The maximum atomic E-state index is 9.19. The van der Waals surface area contributed by atoms with Gasteiger partial charge in [-0.3, -0.25) is 0 Å². The third-order valence-corrected chi connectivity index (χ3v) is 2.03. The van der Waals surface area contributed by atoms with E-state index in [2.05, 4.69) is 11.7 Å². The Morgan fingerprint density at radius 1 is 1.00 bits per heavy atom. The van der Waals surface area contributed by atoms with Crippen LogP contribution in [0.3, 0.4) is 0 Å². The molecule has 0 aromatic heterocycles. The van der Waals surface area contributed by atoms with Crippen molar-refractivity contribution in [1.82, 2.24) is 0 Å². The van der Waals surface area contributed by atoms with Gasteiger partial charge in [-0.2, -0.15) is 0 Å². The van der Waals surface area contributed by atoms with Crippen molar-refractivity contribution in [3.63, 3.8) is 0 Å². The van der Waals surface area contributed by atoms with Gasteiger partial charge in [-0.05, 0) is 30.5 Å². The number of ether oxygens (including phenoxy) is 1. The topological polar surface area (TPSA) is 49.7 Å². The maximum Gasteiger partial charge on any atom is 0.119 e. The summed E-state index contributed by atoms with van der Waals surface area (Å²) in [5.41, 5.74) is 1.01. The fourth-order valence-electron chi connectivity index (χ4n) is 1.38. The van der Waals surface area contributed by atoms with Crippen molar-refractivity contribution in [3.05, 3.63) is 23.8 Å². The molecule has 3 heteroatoms. The van der Waals surface area contributed by atoms with E-state index in [-0.39, 0.29) is 11.5 Å². The second-order valence-corrected chi connectivity index (χ2v) is 3.72. The minimum absolute atomic E-state index is 0.145. The Balaban J connectivity index is 0.000000673. The van der Waals surface area contributed by atoms with E-state index in [0.717, 1.165) is 18.4 Å². The molecule has 0 fully saturated rings. The first-order valence-electron chi connectivity index (χ1n) is 5.56. The fraction of sp³-hybridized carbons (Fsp3) is 0.538. The van der Waals surface area contributed by atoms with Crippen LogP contribution >= 0.6 is 0 Å². The predicted octanol–water partition coefficient (Wildman–Crippen LogP) is 3.09. The zero-order chi connectivity index (χ0) is 12.4. The number of rotatable bonds is 4. The van der Waals surface area contributed by atoms with Crippen LogP contribution in [-0.4, -0.2) is 24.4 Å². The van der Waals surface area contributed by atoms with Gasteiger partial charge in [0.15, 0.2) is 0 Å². The highest BCUT2D eigenvalue weighted by atomic mass is 16.4. The zero-order valence-electron chi connectivity index (χ0n) is 10.4. The molecule has 0 atom stereocenters. The summed E-state index contributed by atoms with van der Waals surface area (Å²) in [6.07, 6.45) is 4.41. The fourth-order valence-corrected chi connectivity index (χ4v) is 1.38. The van der Waals surface area contributed by atoms with E-state index >= 15 is 0 Å². The summed E-state index contributed by atoms with van der Waals surface area (Å²) in [6, 6.07) is 4.76. The lowest BCUT2D eigenvalue weighted by atomic mass is 10.1. The lowest BCUT2D eigenvalue weighted by molar-refractivity contribution is 0.277. The van der Waals surface area contributed by atoms with Crippen LogP contribution in [0.4, 0.5) is 0 Å². The molecular weight excluding hydrogens is 204 g/mol. The number of hydrogen-bond acceptors (Lipinski definition) is 3. The molecular formula is C13H22O3. The predicted molar refractivity (Wildman–Crippen MR) is 65.9 cm³/mol. The molecule has 0 saturated carbocycles. The quantitative estimate of drug-likeness (QED) is 0.776. The summed E-state index contributed by atoms with van der Waals surface area (Å²) in [4.78, 5) is 0. The lowest BCUT2D eigenvalue weighted by Gasteiger charge is -2.02. The van der Waals surface area contributed by atoms with E-state index in [1.807, 2.05) is 0 Å². The van der Waals surface area contributed by atoms with Gasteiger partial charge in [-0.15, -0.1) is 0 Å². The van der Waals surface area contributed by atoms with Crippen molar-refractivity contribution in [1.29, 1.82) is 0 Å². The van der Waals surface area contributed by atoms with Gasteiger partial charge in [0.05, 0.1) is 0 Å². The second-order valence-electron chi connectivity index (χ2n) is 3.72. The summed E-state index contributed by atoms with van der Waals surface area (Å²) in [6.45, 7) is 2.15. The Bertz CT molecular complexity index is 264. The molecule has 0 saturated heterocycles. The standard InChI is InChI=1S/C11H16O2.C2H6O/c1-2-3-4-5-9-6-10(12)8-11(13)7-9;1-3-2/h6-8,12-13H,2-5H2,1H3;1-2H3. The van der Waals surface area contributed by atoms with E-state index in [1.165, 1.54) is 18.9 Å². The zero-order valence-corrected chi connectivity index (χ0v) is 10.4. The van der Waals surface area contributed by atoms with Crippen LogP contribution in [0, 0.1) is 0 Å². The van der Waals surface area contributed by atoms with E-state index in [1.54, 1.807) is 26.4 Å². The molecule has 0 heterocycles. The molecule has 3 nitrogen and oxygen atoms in total. The maximum absolute atomic E-state index is 9.19. The third kappa shape index (κ3) is 7.12. The van der Waals surface area contributed by atoms with Crippen molar-refractivity contribution in [3.8, 4) is 11.5 Å². The molecule has 0 unspecified atom stereocenters. The molecule has 1 aromatic carbocycles. The van der Waals surface area contributed by atoms with Crippen LogP contribution in [0.1, 0.15) is 31.7 Å². The minimum atomic E-state index is 0.145. The van der Waals surface area contributed by atoms with Crippen LogP contribution in [0.25, 0.3) is 0 Å². The molecule has 0 bridgehead atoms. The Morgan fingerprint density at radius 3 is 1.94 bits per heavy atom. The molecule has 16 heavy (non-hydrogen) atoms. The van der Waals surface area contributed by atoms with Gasteiger partial charge >= 0.3 is 0 Å². The number of aromatic hydroxyl groups is 2. The van der Waals surface area contributed by atoms with Gasteiger partial charge in [-0.1, -0.05) is 19.8 Å². The number of unbranched alkanes of at least 4 members (excludes halogenated alkanes) is 2. The summed E-state index contributed by atoms with van der Waals surface area (Å²) in [5, 5.41) is 18.4. The minimum Gasteiger partial charge on any atom is -0.508 e. The van der Waals surface area contributed by atoms with E-state index in [9.17, 15) is 10.2 Å². The highest BCUT2D eigenvalue weighted by Crippen LogP contribution is 2.21.